The van der Waals surface area contributed by atoms with Gasteiger partial charge in [-0.05, 0) is 104 Å². The molecule has 0 aromatic heterocycles. The summed E-state index contributed by atoms with van der Waals surface area (Å²) in [7, 11) is 0. The van der Waals surface area contributed by atoms with Gasteiger partial charge in [-0.15, -0.1) is 0 Å². The zero-order valence-electron chi connectivity index (χ0n) is 22.0. The van der Waals surface area contributed by atoms with Gasteiger partial charge in [-0.25, -0.2) is 0 Å². The van der Waals surface area contributed by atoms with Crippen LogP contribution < -0.4 is 0 Å². The first-order valence-corrected chi connectivity index (χ1v) is 13.6. The van der Waals surface area contributed by atoms with E-state index in [4.69, 9.17) is 0 Å². The molecule has 2 fully saturated rings. The Kier molecular flexibility index (Phi) is 6.47. The lowest BCUT2D eigenvalue weighted by Crippen LogP contribution is -2.53. The van der Waals surface area contributed by atoms with Crippen molar-refractivity contribution in [3.63, 3.8) is 0 Å². The van der Waals surface area contributed by atoms with E-state index in [2.05, 4.69) is 48.1 Å². The van der Waals surface area contributed by atoms with Gasteiger partial charge in [0.05, 0.1) is 12.0 Å². The number of rotatable bonds is 6. The zero-order valence-corrected chi connectivity index (χ0v) is 22.0. The molecule has 0 heterocycles. The monoisotopic (exact) mass is 456 g/mol. The topological polar surface area (TPSA) is 57.5 Å². The van der Waals surface area contributed by atoms with E-state index in [0.29, 0.717) is 17.8 Å². The number of carboxylic acids is 1. The summed E-state index contributed by atoms with van der Waals surface area (Å²) in [5.74, 6) is 0.925. The first-order chi connectivity index (χ1) is 15.3. The standard InChI is InChI=1S/C30H48O3/c1-18(2)19(3)8-9-21(27(32)33)23-12-11-22-20-10-13-25-28(4,5)26(31)15-17-30(25,7)24(20)14-16-29(22,23)6/h18,21-23,25-26,31H,3,8-17H2,1-2,4-7H3,(H,32,33)/t21-,22-,23+,25-,26-,29-,30+/m0/s1. The number of aliphatic hydroxyl groups is 1. The van der Waals surface area contributed by atoms with Gasteiger partial charge in [-0.2, -0.15) is 0 Å². The Bertz CT molecular complexity index is 835. The van der Waals surface area contributed by atoms with Crippen LogP contribution in [0.1, 0.15) is 106 Å². The van der Waals surface area contributed by atoms with Crippen molar-refractivity contribution < 1.29 is 15.0 Å². The lowest BCUT2D eigenvalue weighted by Gasteiger charge is -2.60. The molecule has 2 N–H and O–H groups in total. The molecule has 4 aliphatic carbocycles. The first-order valence-electron chi connectivity index (χ1n) is 13.6. The second-order valence-corrected chi connectivity index (χ2v) is 13.4. The smallest absolute Gasteiger partial charge is 0.306 e. The Morgan fingerprint density at radius 1 is 1.06 bits per heavy atom. The molecule has 0 saturated heterocycles. The lowest BCUT2D eigenvalue weighted by molar-refractivity contribution is -0.146. The van der Waals surface area contributed by atoms with E-state index in [1.54, 1.807) is 11.1 Å². The fourth-order valence-corrected chi connectivity index (χ4v) is 9.11. The Labute approximate surface area is 202 Å². The second-order valence-electron chi connectivity index (χ2n) is 13.4. The average Bonchev–Trinajstić information content (AvgIpc) is 3.08. The summed E-state index contributed by atoms with van der Waals surface area (Å²) in [6.07, 6.45) is 10.2. The van der Waals surface area contributed by atoms with Crippen molar-refractivity contribution in [2.75, 3.05) is 0 Å². The fourth-order valence-electron chi connectivity index (χ4n) is 9.11. The second kappa shape index (κ2) is 8.54. The highest BCUT2D eigenvalue weighted by atomic mass is 16.4. The summed E-state index contributed by atoms with van der Waals surface area (Å²) < 4.78 is 0. The number of fused-ring (bicyclic) bond motifs is 4. The van der Waals surface area contributed by atoms with Crippen molar-refractivity contribution in [1.29, 1.82) is 0 Å². The van der Waals surface area contributed by atoms with Crippen LogP contribution in [0.5, 0.6) is 0 Å². The van der Waals surface area contributed by atoms with Gasteiger partial charge >= 0.3 is 5.97 Å². The minimum atomic E-state index is -0.600. The number of hydrogen-bond donors (Lipinski definition) is 2. The molecule has 0 amide bonds. The maximum atomic E-state index is 12.4. The Morgan fingerprint density at radius 3 is 2.39 bits per heavy atom. The Hall–Kier alpha value is -1.09. The molecule has 186 valence electrons. The summed E-state index contributed by atoms with van der Waals surface area (Å²) in [5.41, 5.74) is 4.88. The minimum absolute atomic E-state index is 0.0301. The number of carboxylic acid groups (broad SMARTS) is 1. The third kappa shape index (κ3) is 3.85. The molecule has 33 heavy (non-hydrogen) atoms. The summed E-state index contributed by atoms with van der Waals surface area (Å²) in [6, 6.07) is 0. The number of aliphatic hydroxyl groups excluding tert-OH is 1. The maximum absolute atomic E-state index is 12.4. The molecular weight excluding hydrogens is 408 g/mol. The maximum Gasteiger partial charge on any atom is 0.306 e. The third-order valence-corrected chi connectivity index (χ3v) is 11.4. The van der Waals surface area contributed by atoms with Crippen molar-refractivity contribution in [2.24, 2.45) is 45.8 Å². The Balaban J connectivity index is 1.61. The fraction of sp³-hybridized carbons (Fsp3) is 0.833. The highest BCUT2D eigenvalue weighted by molar-refractivity contribution is 5.70. The van der Waals surface area contributed by atoms with Crippen molar-refractivity contribution >= 4 is 5.97 Å². The quantitative estimate of drug-likeness (QED) is 0.409. The normalized spacial score (nSPS) is 40.7. The Morgan fingerprint density at radius 2 is 1.76 bits per heavy atom. The summed E-state index contributed by atoms with van der Waals surface area (Å²) >= 11 is 0. The summed E-state index contributed by atoms with van der Waals surface area (Å²) in [5, 5.41) is 21.0. The SMILES string of the molecule is C=C(CC[C@H](C(=O)O)[C@H]1CC[C@H]2C3=C(CC[C@]12C)[C@@]1(C)CC[C@H](O)C(C)(C)[C@@H]1CC3)C(C)C. The van der Waals surface area contributed by atoms with Gasteiger partial charge in [0.15, 0.2) is 0 Å². The van der Waals surface area contributed by atoms with Crippen molar-refractivity contribution in [3.8, 4) is 0 Å². The highest BCUT2D eigenvalue weighted by Crippen LogP contribution is 2.68. The van der Waals surface area contributed by atoms with Crippen LogP contribution >= 0.6 is 0 Å². The van der Waals surface area contributed by atoms with Crippen LogP contribution in [0, 0.1) is 45.8 Å². The van der Waals surface area contributed by atoms with E-state index in [0.717, 1.165) is 57.8 Å². The van der Waals surface area contributed by atoms with Gasteiger partial charge in [0.2, 0.25) is 0 Å². The molecule has 4 aliphatic rings. The molecule has 7 atom stereocenters. The molecule has 0 aliphatic heterocycles. The van der Waals surface area contributed by atoms with Gasteiger partial charge < -0.3 is 10.2 Å². The van der Waals surface area contributed by atoms with E-state index < -0.39 is 5.97 Å². The minimum Gasteiger partial charge on any atom is -0.481 e. The van der Waals surface area contributed by atoms with Gasteiger partial charge in [-0.1, -0.05) is 64.8 Å². The van der Waals surface area contributed by atoms with E-state index in [9.17, 15) is 15.0 Å². The van der Waals surface area contributed by atoms with Crippen LogP contribution in [0.15, 0.2) is 23.3 Å². The van der Waals surface area contributed by atoms with Crippen LogP contribution in [0.4, 0.5) is 0 Å². The highest BCUT2D eigenvalue weighted by Gasteiger charge is 2.59. The average molecular weight is 457 g/mol. The molecule has 0 radical (unpaired) electrons. The largest absolute Gasteiger partial charge is 0.481 e. The van der Waals surface area contributed by atoms with Gasteiger partial charge in [0.1, 0.15) is 0 Å². The van der Waals surface area contributed by atoms with Crippen LogP contribution in [0.2, 0.25) is 0 Å². The number of allylic oxidation sites excluding steroid dienone is 3. The predicted octanol–water partition coefficient (Wildman–Crippen LogP) is 7.40. The predicted molar refractivity (Wildman–Crippen MR) is 135 cm³/mol. The third-order valence-electron chi connectivity index (χ3n) is 11.4. The summed E-state index contributed by atoms with van der Waals surface area (Å²) in [4.78, 5) is 12.4. The molecule has 3 nitrogen and oxygen atoms in total. The number of carbonyl (C=O) groups is 1. The van der Waals surface area contributed by atoms with E-state index in [1.165, 1.54) is 12.0 Å². The van der Waals surface area contributed by atoms with Gasteiger partial charge in [-0.3, -0.25) is 4.79 Å². The number of hydrogen-bond acceptors (Lipinski definition) is 2. The molecule has 3 heteroatoms. The van der Waals surface area contributed by atoms with Gasteiger partial charge in [0, 0.05) is 0 Å². The lowest BCUT2D eigenvalue weighted by atomic mass is 9.46. The van der Waals surface area contributed by atoms with Crippen molar-refractivity contribution in [1.82, 2.24) is 0 Å². The number of aliphatic carboxylic acids is 1. The van der Waals surface area contributed by atoms with E-state index >= 15 is 0 Å². The molecular formula is C30H48O3. The van der Waals surface area contributed by atoms with Crippen molar-refractivity contribution in [3.05, 3.63) is 23.3 Å². The molecule has 2 saturated carbocycles. The van der Waals surface area contributed by atoms with Crippen LogP contribution in [-0.4, -0.2) is 22.3 Å². The summed E-state index contributed by atoms with van der Waals surface area (Å²) in [6.45, 7) is 18.0. The molecule has 0 aromatic carbocycles. The first kappa shape index (κ1) is 25.0. The van der Waals surface area contributed by atoms with Crippen LogP contribution in [-0.2, 0) is 4.79 Å². The van der Waals surface area contributed by atoms with Crippen LogP contribution in [0.3, 0.4) is 0 Å². The molecule has 4 rings (SSSR count). The van der Waals surface area contributed by atoms with Crippen molar-refractivity contribution in [2.45, 2.75) is 112 Å². The van der Waals surface area contributed by atoms with E-state index in [1.807, 2.05) is 0 Å². The molecule has 0 bridgehead atoms. The van der Waals surface area contributed by atoms with E-state index in [-0.39, 0.29) is 34.2 Å². The molecule has 0 unspecified atom stereocenters. The molecule has 0 aromatic rings. The van der Waals surface area contributed by atoms with Crippen LogP contribution in [0.25, 0.3) is 0 Å². The molecule has 0 spiro atoms. The van der Waals surface area contributed by atoms with Gasteiger partial charge in [0.25, 0.3) is 0 Å². The zero-order chi connectivity index (χ0) is 24.3.